The molecule has 0 bridgehead atoms. The summed E-state index contributed by atoms with van der Waals surface area (Å²) in [6, 6.07) is 18.9. The number of hydrogen-bond acceptors (Lipinski definition) is 5. The zero-order valence-electron chi connectivity index (χ0n) is 19.4. The fourth-order valence-electron chi connectivity index (χ4n) is 4.92. The van der Waals surface area contributed by atoms with Crippen LogP contribution >= 0.6 is 0 Å². The molecule has 0 aliphatic carbocycles. The van der Waals surface area contributed by atoms with Crippen LogP contribution in [0.1, 0.15) is 32.3 Å². The van der Waals surface area contributed by atoms with Gasteiger partial charge in [-0.2, -0.15) is 0 Å². The fraction of sp³-hybridized carbons (Fsp3) is 0.500. The number of ether oxygens (including phenoxy) is 2. The number of carbonyl (C=O) groups is 1. The van der Waals surface area contributed by atoms with Crippen LogP contribution in [0.25, 0.3) is 0 Å². The molecule has 0 N–H and O–H groups in total. The van der Waals surface area contributed by atoms with E-state index in [1.54, 1.807) is 7.11 Å². The maximum Gasteiger partial charge on any atom is 0.410 e. The van der Waals surface area contributed by atoms with E-state index < -0.39 is 0 Å². The number of methoxy groups -OCH3 is 1. The minimum absolute atomic E-state index is 0.00791. The first-order valence-electron chi connectivity index (χ1n) is 11.7. The van der Waals surface area contributed by atoms with E-state index >= 15 is 0 Å². The summed E-state index contributed by atoms with van der Waals surface area (Å²) < 4.78 is 11.2. The minimum atomic E-state index is -0.166. The Labute approximate surface area is 191 Å². The summed E-state index contributed by atoms with van der Waals surface area (Å²) in [5.74, 6) is 0.854. The van der Waals surface area contributed by atoms with E-state index in [-0.39, 0.29) is 24.3 Å². The lowest BCUT2D eigenvalue weighted by atomic mass is 10.1. The smallest absolute Gasteiger partial charge is 0.410 e. The molecule has 0 spiro atoms. The number of rotatable bonds is 5. The highest BCUT2D eigenvalue weighted by Gasteiger charge is 2.35. The van der Waals surface area contributed by atoms with Crippen LogP contribution in [0.2, 0.25) is 0 Å². The third-order valence-corrected chi connectivity index (χ3v) is 6.62. The maximum atomic E-state index is 13.0. The first-order chi connectivity index (χ1) is 15.5. The number of piperidine rings is 1. The van der Waals surface area contributed by atoms with Crippen LogP contribution in [0.3, 0.4) is 0 Å². The van der Waals surface area contributed by atoms with Crippen LogP contribution in [0.4, 0.5) is 10.5 Å². The summed E-state index contributed by atoms with van der Waals surface area (Å²) in [7, 11) is 1.68. The van der Waals surface area contributed by atoms with E-state index in [1.165, 1.54) is 5.56 Å². The van der Waals surface area contributed by atoms with Crippen molar-refractivity contribution in [1.29, 1.82) is 0 Å². The highest BCUT2D eigenvalue weighted by molar-refractivity contribution is 5.69. The normalized spacial score (nSPS) is 22.6. The third-order valence-electron chi connectivity index (χ3n) is 6.62. The largest absolute Gasteiger partial charge is 0.497 e. The molecule has 2 aromatic carbocycles. The Bertz CT molecular complexity index is 854. The molecule has 4 rings (SSSR count). The molecule has 2 aromatic rings. The van der Waals surface area contributed by atoms with Crippen LogP contribution in [-0.4, -0.2) is 67.4 Å². The number of nitrogens with zero attached hydrogens (tertiary/aromatic N) is 3. The molecule has 6 nitrogen and oxygen atoms in total. The van der Waals surface area contributed by atoms with Gasteiger partial charge in [-0.25, -0.2) is 4.79 Å². The predicted octanol–water partition coefficient (Wildman–Crippen LogP) is 4.40. The monoisotopic (exact) mass is 437 g/mol. The van der Waals surface area contributed by atoms with Gasteiger partial charge in [-0.15, -0.1) is 0 Å². The predicted molar refractivity (Wildman–Crippen MR) is 127 cm³/mol. The van der Waals surface area contributed by atoms with Crippen molar-refractivity contribution in [3.8, 4) is 5.75 Å². The van der Waals surface area contributed by atoms with Crippen molar-refractivity contribution >= 4 is 11.8 Å². The van der Waals surface area contributed by atoms with E-state index in [0.29, 0.717) is 0 Å². The quantitative estimate of drug-likeness (QED) is 0.694. The number of amides is 1. The average Bonchev–Trinajstić information content (AvgIpc) is 2.80. The number of hydrogen-bond donors (Lipinski definition) is 0. The molecule has 32 heavy (non-hydrogen) atoms. The average molecular weight is 438 g/mol. The Morgan fingerprint density at radius 2 is 1.56 bits per heavy atom. The Hall–Kier alpha value is -2.73. The second kappa shape index (κ2) is 10.3. The molecular formula is C26H35N3O3. The summed E-state index contributed by atoms with van der Waals surface area (Å²) in [6.45, 7) is 8.68. The van der Waals surface area contributed by atoms with Gasteiger partial charge in [0.25, 0.3) is 0 Å². The molecule has 2 aliphatic heterocycles. The van der Waals surface area contributed by atoms with Gasteiger partial charge < -0.3 is 14.4 Å². The molecule has 0 aromatic heterocycles. The van der Waals surface area contributed by atoms with E-state index in [4.69, 9.17) is 9.47 Å². The number of anilines is 1. The van der Waals surface area contributed by atoms with Crippen LogP contribution in [0.15, 0.2) is 54.6 Å². The van der Waals surface area contributed by atoms with Gasteiger partial charge in [0.15, 0.2) is 0 Å². The second-order valence-corrected chi connectivity index (χ2v) is 9.05. The maximum absolute atomic E-state index is 13.0. The Morgan fingerprint density at radius 3 is 2.16 bits per heavy atom. The topological polar surface area (TPSA) is 45.3 Å². The molecule has 2 atom stereocenters. The molecule has 2 fully saturated rings. The molecule has 0 radical (unpaired) electrons. The third kappa shape index (κ3) is 5.36. The molecule has 1 amide bonds. The van der Waals surface area contributed by atoms with Crippen molar-refractivity contribution in [1.82, 2.24) is 9.80 Å². The number of benzene rings is 2. The molecule has 2 aliphatic rings. The molecule has 6 heteroatoms. The van der Waals surface area contributed by atoms with Gasteiger partial charge in [0.1, 0.15) is 11.9 Å². The Kier molecular flexibility index (Phi) is 7.20. The lowest BCUT2D eigenvalue weighted by Crippen LogP contribution is -2.59. The highest BCUT2D eigenvalue weighted by Crippen LogP contribution is 2.26. The first kappa shape index (κ1) is 22.5. The Balaban J connectivity index is 1.27. The zero-order valence-corrected chi connectivity index (χ0v) is 19.4. The first-order valence-corrected chi connectivity index (χ1v) is 11.7. The summed E-state index contributed by atoms with van der Waals surface area (Å²) >= 11 is 0. The minimum Gasteiger partial charge on any atom is -0.497 e. The van der Waals surface area contributed by atoms with E-state index in [0.717, 1.165) is 57.0 Å². The zero-order chi connectivity index (χ0) is 22.5. The second-order valence-electron chi connectivity index (χ2n) is 9.05. The van der Waals surface area contributed by atoms with Gasteiger partial charge in [0.2, 0.25) is 0 Å². The fourth-order valence-corrected chi connectivity index (χ4v) is 4.92. The Morgan fingerprint density at radius 1 is 0.938 bits per heavy atom. The molecule has 172 valence electrons. The molecule has 2 saturated heterocycles. The van der Waals surface area contributed by atoms with Crippen LogP contribution in [-0.2, 0) is 11.3 Å². The van der Waals surface area contributed by atoms with Crippen LogP contribution in [0.5, 0.6) is 5.75 Å². The van der Waals surface area contributed by atoms with Crippen molar-refractivity contribution in [3.05, 3.63) is 60.2 Å². The summed E-state index contributed by atoms with van der Waals surface area (Å²) in [4.78, 5) is 19.7. The van der Waals surface area contributed by atoms with Crippen molar-refractivity contribution < 1.29 is 14.3 Å². The van der Waals surface area contributed by atoms with Crippen molar-refractivity contribution in [3.63, 3.8) is 0 Å². The van der Waals surface area contributed by atoms with Crippen molar-refractivity contribution in [2.24, 2.45) is 0 Å². The van der Waals surface area contributed by atoms with Crippen molar-refractivity contribution in [2.75, 3.05) is 38.2 Å². The van der Waals surface area contributed by atoms with E-state index in [9.17, 15) is 4.79 Å². The summed E-state index contributed by atoms with van der Waals surface area (Å²) in [6.07, 6.45) is 1.63. The standard InChI is InChI=1S/C26H35N3O3/c1-20-17-28(23-9-11-24(31-3)12-10-23)18-21(2)29(20)26(30)32-25-13-15-27(16-14-25)19-22-7-5-4-6-8-22/h4-12,20-21,25H,13-19H2,1-3H3/t20-,21+. The van der Waals surface area contributed by atoms with E-state index in [2.05, 4.69) is 60.0 Å². The SMILES string of the molecule is COc1ccc(N2C[C@@H](C)N(C(=O)OC3CCN(Cc4ccccc4)CC3)[C@@H](C)C2)cc1. The van der Waals surface area contributed by atoms with E-state index in [1.807, 2.05) is 23.1 Å². The summed E-state index contributed by atoms with van der Waals surface area (Å²) in [5.41, 5.74) is 2.49. The molecule has 0 saturated carbocycles. The van der Waals surface area contributed by atoms with Crippen LogP contribution < -0.4 is 9.64 Å². The van der Waals surface area contributed by atoms with Gasteiger partial charge in [-0.05, 0) is 56.5 Å². The van der Waals surface area contributed by atoms with Gasteiger partial charge in [0.05, 0.1) is 19.2 Å². The number of piperazine rings is 1. The molecule has 0 unspecified atom stereocenters. The lowest BCUT2D eigenvalue weighted by Gasteiger charge is -2.45. The van der Waals surface area contributed by atoms with Gasteiger partial charge >= 0.3 is 6.09 Å². The molecule has 2 heterocycles. The molecular weight excluding hydrogens is 402 g/mol. The number of likely N-dealkylation sites (tertiary alicyclic amines) is 1. The van der Waals surface area contributed by atoms with Crippen LogP contribution in [0, 0.1) is 0 Å². The lowest BCUT2D eigenvalue weighted by molar-refractivity contribution is 0.0101. The summed E-state index contributed by atoms with van der Waals surface area (Å²) in [5, 5.41) is 0. The van der Waals surface area contributed by atoms with Gasteiger partial charge in [-0.1, -0.05) is 30.3 Å². The van der Waals surface area contributed by atoms with Crippen molar-refractivity contribution in [2.45, 2.75) is 51.4 Å². The highest BCUT2D eigenvalue weighted by atomic mass is 16.6. The van der Waals surface area contributed by atoms with Gasteiger partial charge in [0, 0.05) is 38.4 Å². The van der Waals surface area contributed by atoms with Gasteiger partial charge in [-0.3, -0.25) is 9.80 Å². The number of carbonyl (C=O) groups excluding carboxylic acids is 1.